The number of rotatable bonds is 6. The fourth-order valence-corrected chi connectivity index (χ4v) is 5.40. The molecule has 1 saturated heterocycles. The lowest BCUT2D eigenvalue weighted by atomic mass is 9.95. The van der Waals surface area contributed by atoms with Gasteiger partial charge in [0, 0.05) is 25.2 Å². The number of hydrogen-bond donors (Lipinski definition) is 2. The minimum atomic E-state index is -3.57. The second kappa shape index (κ2) is 7.29. The topological polar surface area (TPSA) is 92.5 Å². The van der Waals surface area contributed by atoms with Gasteiger partial charge in [0.1, 0.15) is 0 Å². The molecule has 0 radical (unpaired) electrons. The first-order chi connectivity index (χ1) is 12.3. The van der Waals surface area contributed by atoms with Crippen LogP contribution in [0.1, 0.15) is 54.9 Å². The summed E-state index contributed by atoms with van der Waals surface area (Å²) in [5.41, 5.74) is 6.47. The van der Waals surface area contributed by atoms with Gasteiger partial charge in [0.05, 0.1) is 10.4 Å². The van der Waals surface area contributed by atoms with Crippen molar-refractivity contribution in [1.29, 1.82) is 0 Å². The Morgan fingerprint density at radius 1 is 1.27 bits per heavy atom. The van der Waals surface area contributed by atoms with E-state index in [-0.39, 0.29) is 10.8 Å². The highest BCUT2D eigenvalue weighted by Crippen LogP contribution is 2.39. The zero-order valence-corrected chi connectivity index (χ0v) is 16.4. The molecular weight excluding hydrogens is 350 g/mol. The van der Waals surface area contributed by atoms with Gasteiger partial charge in [-0.05, 0) is 63.1 Å². The summed E-state index contributed by atoms with van der Waals surface area (Å²) in [7, 11) is -3.57. The van der Waals surface area contributed by atoms with Gasteiger partial charge in [0.25, 0.3) is 5.91 Å². The zero-order valence-electron chi connectivity index (χ0n) is 15.6. The van der Waals surface area contributed by atoms with Crippen LogP contribution in [0, 0.1) is 12.8 Å². The van der Waals surface area contributed by atoms with Crippen LogP contribution in [-0.2, 0) is 10.0 Å². The van der Waals surface area contributed by atoms with E-state index < -0.39 is 15.6 Å². The van der Waals surface area contributed by atoms with E-state index in [0.717, 1.165) is 32.1 Å². The minimum absolute atomic E-state index is 0.230. The molecule has 6 nitrogen and oxygen atoms in total. The van der Waals surface area contributed by atoms with E-state index in [4.69, 9.17) is 5.73 Å². The van der Waals surface area contributed by atoms with Crippen LogP contribution in [0.15, 0.2) is 23.1 Å². The van der Waals surface area contributed by atoms with Crippen LogP contribution in [0.2, 0.25) is 0 Å². The summed E-state index contributed by atoms with van der Waals surface area (Å²) in [6.45, 7) is 5.19. The standard InChI is InChI=1S/C19H29N3O3S/c1-14-6-7-15(18(23)21-19(2,13-20)16-8-9-16)12-17(14)26(24,25)22-10-4-3-5-11-22/h6-7,12,16H,3-5,8-11,13,20H2,1-2H3,(H,21,23). The van der Waals surface area contributed by atoms with Gasteiger partial charge in [-0.3, -0.25) is 4.79 Å². The molecule has 1 aliphatic carbocycles. The lowest BCUT2D eigenvalue weighted by molar-refractivity contribution is 0.0897. The molecule has 0 spiro atoms. The van der Waals surface area contributed by atoms with Crippen molar-refractivity contribution in [3.05, 3.63) is 29.3 Å². The normalized spacial score (nSPS) is 21.2. The molecule has 1 heterocycles. The van der Waals surface area contributed by atoms with Crippen LogP contribution in [0.5, 0.6) is 0 Å². The summed E-state index contributed by atoms with van der Waals surface area (Å²) in [6, 6.07) is 4.91. The minimum Gasteiger partial charge on any atom is -0.345 e. The van der Waals surface area contributed by atoms with Crippen LogP contribution in [0.4, 0.5) is 0 Å². The Hall–Kier alpha value is -1.44. The third kappa shape index (κ3) is 3.80. The van der Waals surface area contributed by atoms with Gasteiger partial charge in [-0.25, -0.2) is 8.42 Å². The molecule has 0 bridgehead atoms. The molecule has 0 aromatic heterocycles. The van der Waals surface area contributed by atoms with Crippen LogP contribution in [0.25, 0.3) is 0 Å². The van der Waals surface area contributed by atoms with Gasteiger partial charge in [-0.1, -0.05) is 12.5 Å². The summed E-state index contributed by atoms with van der Waals surface area (Å²) >= 11 is 0. The number of nitrogens with zero attached hydrogens (tertiary/aromatic N) is 1. The van der Waals surface area contributed by atoms with Gasteiger partial charge >= 0.3 is 0 Å². The van der Waals surface area contributed by atoms with Gasteiger partial charge in [0.2, 0.25) is 10.0 Å². The fourth-order valence-electron chi connectivity index (χ4n) is 3.64. The smallest absolute Gasteiger partial charge is 0.251 e. The molecular formula is C19H29N3O3S. The maximum Gasteiger partial charge on any atom is 0.251 e. The summed E-state index contributed by atoms with van der Waals surface area (Å²) < 4.78 is 27.6. The number of nitrogens with two attached hydrogens (primary N) is 1. The van der Waals surface area contributed by atoms with E-state index in [1.165, 1.54) is 10.4 Å². The highest BCUT2D eigenvalue weighted by molar-refractivity contribution is 7.89. The molecule has 3 N–H and O–H groups in total. The molecule has 2 fully saturated rings. The maximum atomic E-state index is 13.0. The SMILES string of the molecule is Cc1ccc(C(=O)NC(C)(CN)C2CC2)cc1S(=O)(=O)N1CCCCC1. The third-order valence-corrected chi connectivity index (χ3v) is 7.73. The Labute approximate surface area is 156 Å². The van der Waals surface area contributed by atoms with Gasteiger partial charge in [-0.2, -0.15) is 4.31 Å². The van der Waals surface area contributed by atoms with E-state index in [9.17, 15) is 13.2 Å². The van der Waals surface area contributed by atoms with Gasteiger partial charge in [0.15, 0.2) is 0 Å². The van der Waals surface area contributed by atoms with E-state index in [1.54, 1.807) is 19.1 Å². The van der Waals surface area contributed by atoms with E-state index in [1.807, 2.05) is 6.92 Å². The number of aryl methyl sites for hydroxylation is 1. The number of carbonyl (C=O) groups excluding carboxylic acids is 1. The third-order valence-electron chi connectivity index (χ3n) is 5.68. The Balaban J connectivity index is 1.86. The molecule has 1 saturated carbocycles. The summed E-state index contributed by atoms with van der Waals surface area (Å²) in [4.78, 5) is 13.0. The predicted octanol–water partition coefficient (Wildman–Crippen LogP) is 2.03. The lowest BCUT2D eigenvalue weighted by Gasteiger charge is -2.30. The van der Waals surface area contributed by atoms with Gasteiger partial charge < -0.3 is 11.1 Å². The molecule has 1 atom stereocenters. The first-order valence-corrected chi connectivity index (χ1v) is 10.9. The fraction of sp³-hybridized carbons (Fsp3) is 0.632. The Morgan fingerprint density at radius 3 is 2.50 bits per heavy atom. The Bertz CT molecular complexity index is 783. The summed E-state index contributed by atoms with van der Waals surface area (Å²) in [5.74, 6) is 0.137. The molecule has 7 heteroatoms. The second-order valence-corrected chi connectivity index (χ2v) is 9.70. The average molecular weight is 380 g/mol. The van der Waals surface area contributed by atoms with Crippen molar-refractivity contribution < 1.29 is 13.2 Å². The average Bonchev–Trinajstić information content (AvgIpc) is 3.48. The van der Waals surface area contributed by atoms with Gasteiger partial charge in [-0.15, -0.1) is 0 Å². The van der Waals surface area contributed by atoms with Crippen molar-refractivity contribution in [2.24, 2.45) is 11.7 Å². The summed E-state index contributed by atoms with van der Waals surface area (Å²) in [5, 5.41) is 3.03. The Kier molecular flexibility index (Phi) is 5.42. The number of piperidine rings is 1. The van der Waals surface area contributed by atoms with Crippen molar-refractivity contribution in [2.45, 2.75) is 56.4 Å². The second-order valence-electron chi connectivity index (χ2n) is 7.80. The number of amides is 1. The first-order valence-electron chi connectivity index (χ1n) is 9.41. The van der Waals surface area contributed by atoms with E-state index in [2.05, 4.69) is 5.32 Å². The number of sulfonamides is 1. The van der Waals surface area contributed by atoms with Crippen LogP contribution >= 0.6 is 0 Å². The monoisotopic (exact) mass is 379 g/mol. The number of carbonyl (C=O) groups is 1. The van der Waals surface area contributed by atoms with E-state index in [0.29, 0.717) is 36.7 Å². The molecule has 26 heavy (non-hydrogen) atoms. The van der Waals surface area contributed by atoms with Crippen LogP contribution in [0.3, 0.4) is 0 Å². The molecule has 1 amide bonds. The molecule has 1 unspecified atom stereocenters. The van der Waals surface area contributed by atoms with Crippen molar-refractivity contribution in [1.82, 2.24) is 9.62 Å². The van der Waals surface area contributed by atoms with E-state index >= 15 is 0 Å². The van der Waals surface area contributed by atoms with Crippen molar-refractivity contribution in [3.63, 3.8) is 0 Å². The molecule has 1 aromatic carbocycles. The largest absolute Gasteiger partial charge is 0.345 e. The molecule has 1 aromatic rings. The number of hydrogen-bond acceptors (Lipinski definition) is 4. The highest BCUT2D eigenvalue weighted by atomic mass is 32.2. The van der Waals surface area contributed by atoms with Crippen molar-refractivity contribution in [2.75, 3.05) is 19.6 Å². The zero-order chi connectivity index (χ0) is 18.9. The molecule has 144 valence electrons. The molecule has 3 rings (SSSR count). The van der Waals surface area contributed by atoms with Crippen LogP contribution in [-0.4, -0.2) is 43.8 Å². The first kappa shape index (κ1) is 19.3. The van der Waals surface area contributed by atoms with Crippen LogP contribution < -0.4 is 11.1 Å². The number of nitrogens with one attached hydrogen (secondary N) is 1. The Morgan fingerprint density at radius 2 is 1.92 bits per heavy atom. The summed E-state index contributed by atoms with van der Waals surface area (Å²) in [6.07, 6.45) is 4.96. The van der Waals surface area contributed by atoms with Crippen molar-refractivity contribution >= 4 is 15.9 Å². The maximum absolute atomic E-state index is 13.0. The molecule has 2 aliphatic rings. The quantitative estimate of drug-likeness (QED) is 0.791. The van der Waals surface area contributed by atoms with Crippen molar-refractivity contribution in [3.8, 4) is 0 Å². The molecule has 1 aliphatic heterocycles. The number of benzene rings is 1. The lowest BCUT2D eigenvalue weighted by Crippen LogP contribution is -2.53. The highest BCUT2D eigenvalue weighted by Gasteiger charge is 2.41. The predicted molar refractivity (Wildman–Crippen MR) is 101 cm³/mol.